The number of esters is 2. The smallest absolute Gasteiger partial charge is 0.305 e. The monoisotopic (exact) mass is 468 g/mol. The number of rotatable bonds is 22. The average molecular weight is 469 g/mol. The van der Waals surface area contributed by atoms with Crippen molar-refractivity contribution in [1.82, 2.24) is 0 Å². The number of unbranched alkanes of at least 4 members (excludes halogenated alkanes) is 13. The topological polar surface area (TPSA) is 52.6 Å². The fraction of sp³-hybridized carbons (Fsp3) is 0.931. The summed E-state index contributed by atoms with van der Waals surface area (Å²) in [6.45, 7) is 12.1. The lowest BCUT2D eigenvalue weighted by atomic mass is 9.86. The van der Waals surface area contributed by atoms with E-state index in [1.807, 2.05) is 0 Å². The largest absolute Gasteiger partial charge is 0.466 e. The van der Waals surface area contributed by atoms with Gasteiger partial charge in [0.05, 0.1) is 13.2 Å². The molecule has 0 radical (unpaired) electrons. The molecule has 0 bridgehead atoms. The molecule has 0 rings (SSSR count). The molecule has 0 aromatic rings. The second kappa shape index (κ2) is 21.5. The summed E-state index contributed by atoms with van der Waals surface area (Å²) < 4.78 is 10.7. The summed E-state index contributed by atoms with van der Waals surface area (Å²) in [5, 5.41) is 0. The van der Waals surface area contributed by atoms with Gasteiger partial charge in [0.2, 0.25) is 0 Å². The molecule has 4 nitrogen and oxygen atoms in total. The van der Waals surface area contributed by atoms with Gasteiger partial charge in [-0.15, -0.1) is 0 Å². The highest BCUT2D eigenvalue weighted by Gasteiger charge is 2.16. The highest BCUT2D eigenvalue weighted by molar-refractivity contribution is 5.69. The maximum Gasteiger partial charge on any atom is 0.305 e. The third-order valence-corrected chi connectivity index (χ3v) is 6.01. The molecule has 0 N–H and O–H groups in total. The quantitative estimate of drug-likeness (QED) is 0.118. The van der Waals surface area contributed by atoms with Crippen LogP contribution in [0.5, 0.6) is 0 Å². The second-order valence-electron chi connectivity index (χ2n) is 11.2. The predicted octanol–water partition coefficient (Wildman–Crippen LogP) is 8.80. The van der Waals surface area contributed by atoms with E-state index in [2.05, 4.69) is 34.6 Å². The molecule has 0 aliphatic rings. The fourth-order valence-electron chi connectivity index (χ4n) is 4.33. The number of carbonyl (C=O) groups excluding carboxylic acids is 2. The molecule has 0 heterocycles. The van der Waals surface area contributed by atoms with Crippen LogP contribution in [0.3, 0.4) is 0 Å². The molecule has 0 saturated heterocycles. The van der Waals surface area contributed by atoms with Gasteiger partial charge in [-0.2, -0.15) is 0 Å². The second-order valence-corrected chi connectivity index (χ2v) is 11.2. The molecule has 1 unspecified atom stereocenters. The minimum absolute atomic E-state index is 0.100. The van der Waals surface area contributed by atoms with Gasteiger partial charge in [0.1, 0.15) is 0 Å². The predicted molar refractivity (Wildman–Crippen MR) is 139 cm³/mol. The zero-order chi connectivity index (χ0) is 24.8. The first-order valence-electron chi connectivity index (χ1n) is 14.1. The van der Waals surface area contributed by atoms with E-state index in [9.17, 15) is 9.59 Å². The molecule has 196 valence electrons. The van der Waals surface area contributed by atoms with E-state index in [0.29, 0.717) is 32.0 Å². The summed E-state index contributed by atoms with van der Waals surface area (Å²) in [7, 11) is 0. The maximum atomic E-state index is 11.8. The molecule has 0 aromatic heterocycles. The van der Waals surface area contributed by atoms with Crippen molar-refractivity contribution in [2.45, 2.75) is 150 Å². The molecule has 0 amide bonds. The number of hydrogen-bond donors (Lipinski definition) is 0. The van der Waals surface area contributed by atoms with Crippen LogP contribution in [-0.4, -0.2) is 25.2 Å². The van der Waals surface area contributed by atoms with Crippen LogP contribution in [-0.2, 0) is 19.1 Å². The average Bonchev–Trinajstić information content (AvgIpc) is 2.74. The van der Waals surface area contributed by atoms with E-state index in [0.717, 1.165) is 38.5 Å². The molecule has 33 heavy (non-hydrogen) atoms. The maximum absolute atomic E-state index is 11.8. The van der Waals surface area contributed by atoms with Crippen LogP contribution in [0.2, 0.25) is 0 Å². The third kappa shape index (κ3) is 25.4. The Bertz CT molecular complexity index is 467. The van der Waals surface area contributed by atoms with Crippen molar-refractivity contribution >= 4 is 11.9 Å². The highest BCUT2D eigenvalue weighted by Crippen LogP contribution is 2.24. The lowest BCUT2D eigenvalue weighted by Crippen LogP contribution is -2.17. The van der Waals surface area contributed by atoms with Gasteiger partial charge < -0.3 is 9.47 Å². The minimum atomic E-state index is -0.120. The summed E-state index contributed by atoms with van der Waals surface area (Å²) in [6, 6.07) is 0. The Hall–Kier alpha value is -1.06. The van der Waals surface area contributed by atoms with Gasteiger partial charge in [-0.1, -0.05) is 112 Å². The van der Waals surface area contributed by atoms with Gasteiger partial charge in [-0.25, -0.2) is 0 Å². The molecule has 0 aromatic carbocycles. The van der Waals surface area contributed by atoms with Gasteiger partial charge >= 0.3 is 11.9 Å². The first kappa shape index (κ1) is 31.9. The van der Waals surface area contributed by atoms with Crippen molar-refractivity contribution in [2.75, 3.05) is 13.2 Å². The Balaban J connectivity index is 3.39. The summed E-state index contributed by atoms with van der Waals surface area (Å²) in [6.07, 6.45) is 20.1. The minimum Gasteiger partial charge on any atom is -0.466 e. The Labute approximate surface area is 206 Å². The van der Waals surface area contributed by atoms with Crippen LogP contribution < -0.4 is 0 Å². The fourth-order valence-corrected chi connectivity index (χ4v) is 4.33. The first-order chi connectivity index (χ1) is 15.7. The van der Waals surface area contributed by atoms with Crippen LogP contribution in [0.4, 0.5) is 0 Å². The first-order valence-corrected chi connectivity index (χ1v) is 14.1. The van der Waals surface area contributed by atoms with Gasteiger partial charge in [0, 0.05) is 12.8 Å². The van der Waals surface area contributed by atoms with Gasteiger partial charge in [0.15, 0.2) is 0 Å². The van der Waals surface area contributed by atoms with Crippen LogP contribution >= 0.6 is 0 Å². The van der Waals surface area contributed by atoms with Crippen molar-refractivity contribution in [3.63, 3.8) is 0 Å². The number of ether oxygens (including phenoxy) is 2. The van der Waals surface area contributed by atoms with Gasteiger partial charge in [-0.05, 0) is 37.0 Å². The standard InChI is InChI=1S/C29H56O4/c1-6-7-8-9-10-11-12-13-14-15-16-20-23-32-27(30)21-18-17-19-22-28(31)33-25-26(2)24-29(3,4)5/h26H,6-25H2,1-5H3. The molecule has 0 saturated carbocycles. The summed E-state index contributed by atoms with van der Waals surface area (Å²) in [4.78, 5) is 23.7. The zero-order valence-electron chi connectivity index (χ0n) is 22.9. The van der Waals surface area contributed by atoms with Gasteiger partial charge in [-0.3, -0.25) is 9.59 Å². The van der Waals surface area contributed by atoms with Crippen molar-refractivity contribution in [1.29, 1.82) is 0 Å². The van der Waals surface area contributed by atoms with E-state index in [1.54, 1.807) is 0 Å². The number of carbonyl (C=O) groups is 2. The van der Waals surface area contributed by atoms with Crippen molar-refractivity contribution in [3.8, 4) is 0 Å². The van der Waals surface area contributed by atoms with E-state index in [1.165, 1.54) is 64.2 Å². The zero-order valence-corrected chi connectivity index (χ0v) is 22.9. The molecular weight excluding hydrogens is 412 g/mol. The van der Waals surface area contributed by atoms with Crippen LogP contribution in [0.1, 0.15) is 150 Å². The van der Waals surface area contributed by atoms with Crippen molar-refractivity contribution in [2.24, 2.45) is 11.3 Å². The van der Waals surface area contributed by atoms with E-state index >= 15 is 0 Å². The molecule has 1 atom stereocenters. The highest BCUT2D eigenvalue weighted by atomic mass is 16.5. The molecule has 0 spiro atoms. The lowest BCUT2D eigenvalue weighted by Gasteiger charge is -2.22. The van der Waals surface area contributed by atoms with E-state index in [4.69, 9.17) is 9.47 Å². The van der Waals surface area contributed by atoms with Crippen molar-refractivity contribution < 1.29 is 19.1 Å². The van der Waals surface area contributed by atoms with E-state index < -0.39 is 0 Å². The third-order valence-electron chi connectivity index (χ3n) is 6.01. The van der Waals surface area contributed by atoms with E-state index in [-0.39, 0.29) is 17.4 Å². The molecule has 0 fully saturated rings. The SMILES string of the molecule is CCCCCCCCCCCCCCOC(=O)CCCCCC(=O)OCC(C)CC(C)(C)C. The Kier molecular flexibility index (Phi) is 20.8. The molecule has 0 aliphatic heterocycles. The number of hydrogen-bond acceptors (Lipinski definition) is 4. The van der Waals surface area contributed by atoms with Crippen LogP contribution in [0.25, 0.3) is 0 Å². The van der Waals surface area contributed by atoms with Crippen LogP contribution in [0.15, 0.2) is 0 Å². The van der Waals surface area contributed by atoms with Crippen LogP contribution in [0, 0.1) is 11.3 Å². The molecular formula is C29H56O4. The summed E-state index contributed by atoms with van der Waals surface area (Å²) >= 11 is 0. The Morgan fingerprint density at radius 1 is 0.636 bits per heavy atom. The van der Waals surface area contributed by atoms with Crippen molar-refractivity contribution in [3.05, 3.63) is 0 Å². The Morgan fingerprint density at radius 3 is 1.55 bits per heavy atom. The lowest BCUT2D eigenvalue weighted by molar-refractivity contribution is -0.145. The molecule has 0 aliphatic carbocycles. The molecule has 4 heteroatoms. The van der Waals surface area contributed by atoms with Gasteiger partial charge in [0.25, 0.3) is 0 Å². The normalized spacial score (nSPS) is 12.5. The Morgan fingerprint density at radius 2 is 1.06 bits per heavy atom. The summed E-state index contributed by atoms with van der Waals surface area (Å²) in [5.41, 5.74) is 0.257. The summed E-state index contributed by atoms with van der Waals surface area (Å²) in [5.74, 6) is 0.163.